The molecule has 0 radical (unpaired) electrons. The molecule has 0 unspecified atom stereocenters. The number of likely N-dealkylation sites (tertiary alicyclic amines) is 1. The van der Waals surface area contributed by atoms with Gasteiger partial charge in [0.1, 0.15) is 0 Å². The molecule has 0 aromatic heterocycles. The zero-order valence-electron chi connectivity index (χ0n) is 8.63. The highest BCUT2D eigenvalue weighted by Gasteiger charge is 2.26. The summed E-state index contributed by atoms with van der Waals surface area (Å²) in [5, 5.41) is 2.95. The molecule has 0 atom stereocenters. The van der Waals surface area contributed by atoms with Crippen LogP contribution in [-0.2, 0) is 0 Å². The van der Waals surface area contributed by atoms with Crippen LogP contribution in [-0.4, -0.2) is 44.5 Å². The van der Waals surface area contributed by atoms with E-state index in [1.165, 1.54) is 0 Å². The molecule has 1 fully saturated rings. The normalized spacial score (nSPS) is 20.4. The van der Waals surface area contributed by atoms with Crippen molar-refractivity contribution in [1.82, 2.24) is 10.2 Å². The fraction of sp³-hybridized carbons (Fsp3) is 0.889. The topological polar surface area (TPSA) is 27.6 Å². The third-order valence-corrected chi connectivity index (χ3v) is 2.63. The van der Waals surface area contributed by atoms with Crippen molar-refractivity contribution in [2.45, 2.75) is 19.3 Å². The van der Waals surface area contributed by atoms with Gasteiger partial charge in [-0.2, -0.15) is 0 Å². The van der Waals surface area contributed by atoms with E-state index in [1.54, 1.807) is 14.1 Å². The van der Waals surface area contributed by atoms with Gasteiger partial charge in [-0.3, -0.25) is 4.99 Å². The largest absolute Gasteiger partial charge is 0.359 e. The first-order chi connectivity index (χ1) is 6.69. The molecule has 0 aromatic rings. The molecule has 14 heavy (non-hydrogen) atoms. The van der Waals surface area contributed by atoms with E-state index < -0.39 is 12.3 Å². The summed E-state index contributed by atoms with van der Waals surface area (Å²) in [4.78, 5) is 6.06. The Labute approximate surface area is 83.2 Å². The van der Waals surface area contributed by atoms with Crippen LogP contribution in [0.5, 0.6) is 0 Å². The zero-order chi connectivity index (χ0) is 10.6. The Morgan fingerprint density at radius 3 is 2.36 bits per heavy atom. The summed E-state index contributed by atoms with van der Waals surface area (Å²) in [5.74, 6) is 0.360. The lowest BCUT2D eigenvalue weighted by molar-refractivity contribution is 0.0469. The van der Waals surface area contributed by atoms with Crippen LogP contribution < -0.4 is 5.32 Å². The van der Waals surface area contributed by atoms with Crippen molar-refractivity contribution in [3.63, 3.8) is 0 Å². The summed E-state index contributed by atoms with van der Waals surface area (Å²) < 4.78 is 24.7. The van der Waals surface area contributed by atoms with Crippen LogP contribution in [0.2, 0.25) is 0 Å². The Bertz CT molecular complexity index is 198. The SMILES string of the molecule is CN=C(NC)N1CCC(C(F)F)CC1. The highest BCUT2D eigenvalue weighted by atomic mass is 19.3. The summed E-state index contributed by atoms with van der Waals surface area (Å²) in [6, 6.07) is 0. The fourth-order valence-corrected chi connectivity index (χ4v) is 1.77. The molecule has 1 heterocycles. The van der Waals surface area contributed by atoms with Crippen molar-refractivity contribution in [2.75, 3.05) is 27.2 Å². The van der Waals surface area contributed by atoms with Crippen LogP contribution in [0.1, 0.15) is 12.8 Å². The van der Waals surface area contributed by atoms with Crippen molar-refractivity contribution in [3.8, 4) is 0 Å². The summed E-state index contributed by atoms with van der Waals surface area (Å²) in [6.45, 7) is 1.34. The van der Waals surface area contributed by atoms with Gasteiger partial charge in [0.05, 0.1) is 0 Å². The van der Waals surface area contributed by atoms with E-state index in [2.05, 4.69) is 10.3 Å². The third-order valence-electron chi connectivity index (χ3n) is 2.63. The maximum absolute atomic E-state index is 12.3. The van der Waals surface area contributed by atoms with Crippen molar-refractivity contribution in [3.05, 3.63) is 0 Å². The zero-order valence-corrected chi connectivity index (χ0v) is 8.63. The van der Waals surface area contributed by atoms with Gasteiger partial charge < -0.3 is 10.2 Å². The molecule has 0 saturated carbocycles. The molecule has 5 heteroatoms. The van der Waals surface area contributed by atoms with Gasteiger partial charge in [0.15, 0.2) is 5.96 Å². The number of piperidine rings is 1. The maximum Gasteiger partial charge on any atom is 0.241 e. The van der Waals surface area contributed by atoms with Gasteiger partial charge in [-0.25, -0.2) is 8.78 Å². The molecule has 1 saturated heterocycles. The van der Waals surface area contributed by atoms with Crippen molar-refractivity contribution < 1.29 is 8.78 Å². The Morgan fingerprint density at radius 2 is 2.00 bits per heavy atom. The Kier molecular flexibility index (Phi) is 4.10. The molecule has 0 spiro atoms. The number of hydrogen-bond acceptors (Lipinski definition) is 1. The molecular formula is C9H17F2N3. The average Bonchev–Trinajstić information content (AvgIpc) is 2.20. The van der Waals surface area contributed by atoms with E-state index >= 15 is 0 Å². The molecule has 0 aromatic carbocycles. The van der Waals surface area contributed by atoms with Gasteiger partial charge in [-0.15, -0.1) is 0 Å². The number of nitrogens with zero attached hydrogens (tertiary/aromatic N) is 2. The van der Waals surface area contributed by atoms with E-state index in [9.17, 15) is 8.78 Å². The first-order valence-electron chi connectivity index (χ1n) is 4.86. The van der Waals surface area contributed by atoms with Crippen LogP contribution >= 0.6 is 0 Å². The van der Waals surface area contributed by atoms with Crippen LogP contribution in [0.15, 0.2) is 4.99 Å². The minimum absolute atomic E-state index is 0.429. The Balaban J connectivity index is 2.42. The molecule has 1 aliphatic rings. The molecule has 0 aliphatic carbocycles. The predicted octanol–water partition coefficient (Wildman–Crippen LogP) is 1.17. The number of nitrogens with one attached hydrogen (secondary N) is 1. The van der Waals surface area contributed by atoms with Crippen LogP contribution in [0.25, 0.3) is 0 Å². The predicted molar refractivity (Wildman–Crippen MR) is 52.7 cm³/mol. The monoisotopic (exact) mass is 205 g/mol. The minimum atomic E-state index is -2.17. The van der Waals surface area contributed by atoms with E-state index in [0.717, 1.165) is 5.96 Å². The van der Waals surface area contributed by atoms with Crippen molar-refractivity contribution in [1.29, 1.82) is 0 Å². The van der Waals surface area contributed by atoms with E-state index in [-0.39, 0.29) is 0 Å². The standard InChI is InChI=1S/C9H17F2N3/c1-12-9(13-2)14-5-3-7(4-6-14)8(10)11/h7-8H,3-6H2,1-2H3,(H,12,13). The van der Waals surface area contributed by atoms with E-state index in [4.69, 9.17) is 0 Å². The second kappa shape index (κ2) is 5.12. The van der Waals surface area contributed by atoms with Gasteiger partial charge in [0.2, 0.25) is 6.43 Å². The molecule has 1 rings (SSSR count). The number of halogens is 2. The highest BCUT2D eigenvalue weighted by molar-refractivity contribution is 5.79. The number of hydrogen-bond donors (Lipinski definition) is 1. The first kappa shape index (κ1) is 11.2. The first-order valence-corrected chi connectivity index (χ1v) is 4.86. The van der Waals surface area contributed by atoms with Crippen molar-refractivity contribution >= 4 is 5.96 Å². The summed E-state index contributed by atoms with van der Waals surface area (Å²) in [7, 11) is 3.49. The number of rotatable bonds is 1. The lowest BCUT2D eigenvalue weighted by atomic mass is 9.98. The van der Waals surface area contributed by atoms with Gasteiger partial charge >= 0.3 is 0 Å². The van der Waals surface area contributed by atoms with Crippen LogP contribution in [0.4, 0.5) is 8.78 Å². The average molecular weight is 205 g/mol. The van der Waals surface area contributed by atoms with E-state index in [1.807, 2.05) is 4.90 Å². The number of alkyl halides is 2. The molecule has 0 bridgehead atoms. The lowest BCUT2D eigenvalue weighted by Gasteiger charge is -2.33. The molecule has 0 amide bonds. The number of aliphatic imine (C=N–C) groups is 1. The number of guanidine groups is 1. The van der Waals surface area contributed by atoms with Gasteiger partial charge in [-0.1, -0.05) is 0 Å². The molecule has 1 aliphatic heterocycles. The molecular weight excluding hydrogens is 188 g/mol. The molecule has 3 nitrogen and oxygen atoms in total. The second-order valence-corrected chi connectivity index (χ2v) is 3.46. The fourth-order valence-electron chi connectivity index (χ4n) is 1.77. The van der Waals surface area contributed by atoms with Gasteiger partial charge in [0.25, 0.3) is 0 Å². The second-order valence-electron chi connectivity index (χ2n) is 3.46. The quantitative estimate of drug-likeness (QED) is 0.514. The minimum Gasteiger partial charge on any atom is -0.359 e. The third kappa shape index (κ3) is 2.56. The lowest BCUT2D eigenvalue weighted by Crippen LogP contribution is -2.45. The Hall–Kier alpha value is -0.870. The summed E-state index contributed by atoms with van der Waals surface area (Å²) in [6.07, 6.45) is -1.06. The molecule has 82 valence electrons. The van der Waals surface area contributed by atoms with Gasteiger partial charge in [-0.05, 0) is 12.8 Å². The summed E-state index contributed by atoms with van der Waals surface area (Å²) >= 11 is 0. The Morgan fingerprint density at radius 1 is 1.43 bits per heavy atom. The smallest absolute Gasteiger partial charge is 0.241 e. The maximum atomic E-state index is 12.3. The van der Waals surface area contributed by atoms with Crippen LogP contribution in [0, 0.1) is 5.92 Å². The van der Waals surface area contributed by atoms with Gasteiger partial charge in [0, 0.05) is 33.1 Å². The summed E-state index contributed by atoms with van der Waals surface area (Å²) in [5.41, 5.74) is 0. The highest BCUT2D eigenvalue weighted by Crippen LogP contribution is 2.23. The van der Waals surface area contributed by atoms with Crippen molar-refractivity contribution in [2.24, 2.45) is 10.9 Å². The molecule has 1 N–H and O–H groups in total. The van der Waals surface area contributed by atoms with Crippen LogP contribution in [0.3, 0.4) is 0 Å². The van der Waals surface area contributed by atoms with E-state index in [0.29, 0.717) is 25.9 Å².